The fourth-order valence-corrected chi connectivity index (χ4v) is 2.07. The zero-order valence-corrected chi connectivity index (χ0v) is 14.7. The zero-order chi connectivity index (χ0) is 16.3. The topological polar surface area (TPSA) is 17.1 Å². The van der Waals surface area contributed by atoms with Gasteiger partial charge in [0.2, 0.25) is 0 Å². The van der Waals surface area contributed by atoms with Crippen LogP contribution in [0, 0.1) is 12.8 Å². The molecule has 0 saturated heterocycles. The lowest BCUT2D eigenvalue weighted by Gasteiger charge is -2.09. The third-order valence-corrected chi connectivity index (χ3v) is 3.28. The van der Waals surface area contributed by atoms with E-state index < -0.39 is 0 Å². The minimum Gasteiger partial charge on any atom is -0.295 e. The summed E-state index contributed by atoms with van der Waals surface area (Å²) < 4.78 is 0. The summed E-state index contributed by atoms with van der Waals surface area (Å²) in [5.41, 5.74) is 3.85. The molecule has 0 N–H and O–H groups in total. The standard InChI is InChI=1S/C18H26O.C2H6/c1-5-6-9-17(13-18(19)14(2)3)12-16-10-7-8-15(4)11-16;1-2/h7-8,10-11,13-14H,5-6,9,12H2,1-4H3;1-2H3/b17-13+;. The molecule has 0 fully saturated rings. The van der Waals surface area contributed by atoms with Crippen LogP contribution in [0.25, 0.3) is 0 Å². The van der Waals surface area contributed by atoms with Crippen molar-refractivity contribution < 1.29 is 4.79 Å². The molecule has 0 spiro atoms. The Hall–Kier alpha value is -1.37. The average molecular weight is 288 g/mol. The average Bonchev–Trinajstić information content (AvgIpc) is 2.46. The molecular weight excluding hydrogens is 256 g/mol. The van der Waals surface area contributed by atoms with Crippen molar-refractivity contribution in [1.29, 1.82) is 0 Å². The van der Waals surface area contributed by atoms with E-state index in [9.17, 15) is 4.79 Å². The first-order valence-electron chi connectivity index (χ1n) is 8.31. The molecule has 0 bridgehead atoms. The summed E-state index contributed by atoms with van der Waals surface area (Å²) in [5, 5.41) is 0. The van der Waals surface area contributed by atoms with Gasteiger partial charge in [0, 0.05) is 5.92 Å². The summed E-state index contributed by atoms with van der Waals surface area (Å²) in [7, 11) is 0. The third kappa shape index (κ3) is 8.49. The molecule has 0 heterocycles. The minimum atomic E-state index is 0.0918. The minimum absolute atomic E-state index is 0.0918. The molecule has 0 saturated carbocycles. The van der Waals surface area contributed by atoms with E-state index in [0.29, 0.717) is 0 Å². The molecule has 118 valence electrons. The summed E-state index contributed by atoms with van der Waals surface area (Å²) in [6, 6.07) is 8.55. The Kier molecular flexibility index (Phi) is 10.6. The van der Waals surface area contributed by atoms with Crippen LogP contribution in [0.2, 0.25) is 0 Å². The summed E-state index contributed by atoms with van der Waals surface area (Å²) in [4.78, 5) is 11.9. The van der Waals surface area contributed by atoms with Crippen LogP contribution in [0.5, 0.6) is 0 Å². The largest absolute Gasteiger partial charge is 0.295 e. The Morgan fingerprint density at radius 2 is 1.90 bits per heavy atom. The van der Waals surface area contributed by atoms with Crippen molar-refractivity contribution >= 4 is 5.78 Å². The molecule has 1 heteroatoms. The van der Waals surface area contributed by atoms with Gasteiger partial charge in [-0.05, 0) is 37.8 Å². The predicted molar refractivity (Wildman–Crippen MR) is 93.7 cm³/mol. The van der Waals surface area contributed by atoms with Crippen LogP contribution in [-0.4, -0.2) is 5.78 Å². The highest BCUT2D eigenvalue weighted by atomic mass is 16.1. The van der Waals surface area contributed by atoms with E-state index in [4.69, 9.17) is 0 Å². The SMILES string of the molecule is CC.CCCC/C(=C\C(=O)C(C)C)Cc1cccc(C)c1. The monoisotopic (exact) mass is 288 g/mol. The van der Waals surface area contributed by atoms with E-state index >= 15 is 0 Å². The summed E-state index contributed by atoms with van der Waals surface area (Å²) >= 11 is 0. The van der Waals surface area contributed by atoms with Crippen LogP contribution < -0.4 is 0 Å². The van der Waals surface area contributed by atoms with Gasteiger partial charge in [-0.15, -0.1) is 0 Å². The Labute approximate surface area is 131 Å². The summed E-state index contributed by atoms with van der Waals surface area (Å²) in [5.74, 6) is 0.341. The Balaban J connectivity index is 0.00000191. The summed E-state index contributed by atoms with van der Waals surface area (Å²) in [6.07, 6.45) is 6.13. The van der Waals surface area contributed by atoms with Gasteiger partial charge in [0.05, 0.1) is 0 Å². The molecule has 1 aromatic carbocycles. The maximum Gasteiger partial charge on any atom is 0.158 e. The number of ketones is 1. The Morgan fingerprint density at radius 1 is 1.24 bits per heavy atom. The highest BCUT2D eigenvalue weighted by molar-refractivity contribution is 5.91. The van der Waals surface area contributed by atoms with E-state index in [1.165, 1.54) is 23.1 Å². The molecule has 0 aliphatic heterocycles. The van der Waals surface area contributed by atoms with Gasteiger partial charge in [-0.3, -0.25) is 4.79 Å². The van der Waals surface area contributed by atoms with E-state index in [1.807, 2.05) is 33.8 Å². The van der Waals surface area contributed by atoms with Gasteiger partial charge in [0.1, 0.15) is 0 Å². The molecule has 0 atom stereocenters. The number of unbranched alkanes of at least 4 members (excludes halogenated alkanes) is 1. The quantitative estimate of drug-likeness (QED) is 0.570. The van der Waals surface area contributed by atoms with E-state index in [-0.39, 0.29) is 11.7 Å². The number of rotatable bonds is 7. The molecule has 1 nitrogen and oxygen atoms in total. The first-order valence-corrected chi connectivity index (χ1v) is 8.31. The van der Waals surface area contributed by atoms with Crippen LogP contribution in [-0.2, 0) is 11.2 Å². The molecule has 21 heavy (non-hydrogen) atoms. The molecule has 0 amide bonds. The van der Waals surface area contributed by atoms with E-state index in [0.717, 1.165) is 19.3 Å². The van der Waals surface area contributed by atoms with Gasteiger partial charge in [-0.2, -0.15) is 0 Å². The smallest absolute Gasteiger partial charge is 0.158 e. The van der Waals surface area contributed by atoms with Crippen molar-refractivity contribution in [2.24, 2.45) is 5.92 Å². The van der Waals surface area contributed by atoms with Gasteiger partial charge in [-0.1, -0.05) is 76.4 Å². The molecular formula is C20H32O. The third-order valence-electron chi connectivity index (χ3n) is 3.28. The Bertz CT molecular complexity index is 441. The number of carbonyl (C=O) groups is 1. The molecule has 0 radical (unpaired) electrons. The first-order chi connectivity index (χ1) is 10.0. The van der Waals surface area contributed by atoms with Crippen LogP contribution in [0.15, 0.2) is 35.9 Å². The molecule has 0 aliphatic rings. The zero-order valence-electron chi connectivity index (χ0n) is 14.7. The maximum absolute atomic E-state index is 11.9. The van der Waals surface area contributed by atoms with Gasteiger partial charge in [0.25, 0.3) is 0 Å². The van der Waals surface area contributed by atoms with Gasteiger partial charge in [0.15, 0.2) is 5.78 Å². The molecule has 1 rings (SSSR count). The molecule has 0 unspecified atom stereocenters. The Morgan fingerprint density at radius 3 is 2.43 bits per heavy atom. The van der Waals surface area contributed by atoms with Crippen molar-refractivity contribution in [2.75, 3.05) is 0 Å². The van der Waals surface area contributed by atoms with Crippen LogP contribution in [0.3, 0.4) is 0 Å². The normalized spacial score (nSPS) is 11.1. The van der Waals surface area contributed by atoms with Gasteiger partial charge >= 0.3 is 0 Å². The highest BCUT2D eigenvalue weighted by Gasteiger charge is 2.07. The predicted octanol–water partition coefficient (Wildman–Crippen LogP) is 5.91. The lowest BCUT2D eigenvalue weighted by atomic mass is 9.96. The first kappa shape index (κ1) is 19.6. The molecule has 0 aromatic heterocycles. The van der Waals surface area contributed by atoms with Crippen LogP contribution in [0.4, 0.5) is 0 Å². The van der Waals surface area contributed by atoms with Crippen molar-refractivity contribution in [1.82, 2.24) is 0 Å². The molecule has 1 aromatic rings. The van der Waals surface area contributed by atoms with Crippen molar-refractivity contribution in [2.45, 2.75) is 67.2 Å². The van der Waals surface area contributed by atoms with Gasteiger partial charge < -0.3 is 0 Å². The number of hydrogen-bond acceptors (Lipinski definition) is 1. The maximum atomic E-state index is 11.9. The number of hydrogen-bond donors (Lipinski definition) is 0. The van der Waals surface area contributed by atoms with Crippen molar-refractivity contribution in [3.05, 3.63) is 47.0 Å². The van der Waals surface area contributed by atoms with Gasteiger partial charge in [-0.25, -0.2) is 0 Å². The fourth-order valence-electron chi connectivity index (χ4n) is 2.07. The second-order valence-electron chi connectivity index (χ2n) is 5.63. The van der Waals surface area contributed by atoms with E-state index in [1.54, 1.807) is 0 Å². The number of aryl methyl sites for hydroxylation is 1. The lowest BCUT2D eigenvalue weighted by Crippen LogP contribution is -2.05. The molecule has 0 aliphatic carbocycles. The number of allylic oxidation sites excluding steroid dienone is 2. The van der Waals surface area contributed by atoms with E-state index in [2.05, 4.69) is 38.1 Å². The van der Waals surface area contributed by atoms with Crippen molar-refractivity contribution in [3.8, 4) is 0 Å². The number of benzene rings is 1. The highest BCUT2D eigenvalue weighted by Crippen LogP contribution is 2.16. The lowest BCUT2D eigenvalue weighted by molar-refractivity contribution is -0.117. The van der Waals surface area contributed by atoms with Crippen LogP contribution >= 0.6 is 0 Å². The fraction of sp³-hybridized carbons (Fsp3) is 0.550. The van der Waals surface area contributed by atoms with Crippen LogP contribution in [0.1, 0.15) is 65.0 Å². The second-order valence-corrected chi connectivity index (χ2v) is 5.63. The second kappa shape index (κ2) is 11.3. The number of carbonyl (C=O) groups excluding carboxylic acids is 1. The van der Waals surface area contributed by atoms with Crippen molar-refractivity contribution in [3.63, 3.8) is 0 Å². The summed E-state index contributed by atoms with van der Waals surface area (Å²) in [6.45, 7) is 12.2.